The number of amides is 2. The summed E-state index contributed by atoms with van der Waals surface area (Å²) in [7, 11) is 0. The summed E-state index contributed by atoms with van der Waals surface area (Å²) >= 11 is 1.57. The van der Waals surface area contributed by atoms with Gasteiger partial charge in [0.15, 0.2) is 0 Å². The van der Waals surface area contributed by atoms with Crippen molar-refractivity contribution in [1.82, 2.24) is 14.8 Å². The zero-order valence-electron chi connectivity index (χ0n) is 16.6. The van der Waals surface area contributed by atoms with E-state index in [0.717, 1.165) is 23.5 Å². The highest BCUT2D eigenvalue weighted by atomic mass is 32.1. The lowest BCUT2D eigenvalue weighted by Gasteiger charge is -2.55. The Balaban J connectivity index is 1.63. The van der Waals surface area contributed by atoms with Gasteiger partial charge < -0.3 is 14.9 Å². The SMILES string of the molecule is CC(=O)N1CC2(CCN(C(=O)/C=C/c3csc(C)n3)CC2)C[C@@H](O)C1(C)C. The number of hydrogen-bond acceptors (Lipinski definition) is 5. The second-order valence-corrected chi connectivity index (χ2v) is 9.49. The van der Waals surface area contributed by atoms with Gasteiger partial charge in [-0.05, 0) is 51.5 Å². The van der Waals surface area contributed by atoms with Crippen LogP contribution >= 0.6 is 11.3 Å². The fourth-order valence-corrected chi connectivity index (χ4v) is 4.82. The maximum atomic E-state index is 12.5. The molecule has 3 heterocycles. The van der Waals surface area contributed by atoms with Crippen molar-refractivity contribution in [1.29, 1.82) is 0 Å². The number of aliphatic hydroxyl groups excluding tert-OH is 1. The number of carbonyl (C=O) groups excluding carboxylic acids is 2. The number of nitrogens with zero attached hydrogens (tertiary/aromatic N) is 3. The van der Waals surface area contributed by atoms with Crippen LogP contribution in [0.25, 0.3) is 6.08 Å². The van der Waals surface area contributed by atoms with Gasteiger partial charge in [-0.3, -0.25) is 9.59 Å². The third-order valence-electron chi connectivity index (χ3n) is 6.18. The van der Waals surface area contributed by atoms with Crippen molar-refractivity contribution in [2.75, 3.05) is 19.6 Å². The molecule has 2 fully saturated rings. The van der Waals surface area contributed by atoms with Crippen molar-refractivity contribution < 1.29 is 14.7 Å². The van der Waals surface area contributed by atoms with E-state index >= 15 is 0 Å². The molecule has 27 heavy (non-hydrogen) atoms. The second kappa shape index (κ2) is 7.36. The van der Waals surface area contributed by atoms with Gasteiger partial charge in [0.05, 0.1) is 22.3 Å². The molecule has 0 bridgehead atoms. The monoisotopic (exact) mass is 391 g/mol. The molecular weight excluding hydrogens is 362 g/mol. The van der Waals surface area contributed by atoms with Gasteiger partial charge in [-0.25, -0.2) is 4.98 Å². The average molecular weight is 392 g/mol. The number of aromatic nitrogens is 1. The van der Waals surface area contributed by atoms with Crippen LogP contribution in [0.2, 0.25) is 0 Å². The Labute approximate surface area is 164 Å². The van der Waals surface area contributed by atoms with Gasteiger partial charge in [0.25, 0.3) is 0 Å². The Hall–Kier alpha value is -1.73. The zero-order chi connectivity index (χ0) is 19.8. The van der Waals surface area contributed by atoms with Gasteiger partial charge in [0, 0.05) is 38.0 Å². The predicted molar refractivity (Wildman–Crippen MR) is 106 cm³/mol. The Kier molecular flexibility index (Phi) is 5.45. The quantitative estimate of drug-likeness (QED) is 0.786. The number of likely N-dealkylation sites (tertiary alicyclic amines) is 2. The summed E-state index contributed by atoms with van der Waals surface area (Å²) in [5, 5.41) is 13.6. The number of thiazole rings is 1. The molecule has 1 aromatic rings. The summed E-state index contributed by atoms with van der Waals surface area (Å²) in [6.07, 6.45) is 5.09. The maximum absolute atomic E-state index is 12.5. The van der Waals surface area contributed by atoms with Crippen LogP contribution in [0.3, 0.4) is 0 Å². The summed E-state index contributed by atoms with van der Waals surface area (Å²) in [5.74, 6) is -0.00580. The van der Waals surface area contributed by atoms with Gasteiger partial charge in [0.2, 0.25) is 11.8 Å². The molecule has 1 atom stereocenters. The van der Waals surface area contributed by atoms with Crippen molar-refractivity contribution in [2.45, 2.75) is 58.6 Å². The lowest BCUT2D eigenvalue weighted by Crippen LogP contribution is -2.64. The van der Waals surface area contributed by atoms with E-state index in [1.54, 1.807) is 30.4 Å². The largest absolute Gasteiger partial charge is 0.391 e. The second-order valence-electron chi connectivity index (χ2n) is 8.43. The van der Waals surface area contributed by atoms with Crippen molar-refractivity contribution in [3.05, 3.63) is 22.2 Å². The smallest absolute Gasteiger partial charge is 0.246 e. The molecule has 2 amide bonds. The molecule has 0 radical (unpaired) electrons. The van der Waals surface area contributed by atoms with Crippen LogP contribution in [0, 0.1) is 12.3 Å². The molecule has 7 heteroatoms. The van der Waals surface area contributed by atoms with E-state index in [0.29, 0.717) is 26.1 Å². The molecule has 2 aliphatic heterocycles. The Bertz CT molecular complexity index is 747. The molecule has 2 saturated heterocycles. The molecule has 0 aliphatic carbocycles. The highest BCUT2D eigenvalue weighted by molar-refractivity contribution is 7.09. The molecule has 0 unspecified atom stereocenters. The Morgan fingerprint density at radius 3 is 2.56 bits per heavy atom. The summed E-state index contributed by atoms with van der Waals surface area (Å²) in [6, 6.07) is 0. The van der Waals surface area contributed by atoms with Crippen molar-refractivity contribution in [2.24, 2.45) is 5.41 Å². The van der Waals surface area contributed by atoms with E-state index in [-0.39, 0.29) is 17.2 Å². The van der Waals surface area contributed by atoms with Gasteiger partial charge in [-0.15, -0.1) is 11.3 Å². The van der Waals surface area contributed by atoms with Crippen LogP contribution in [0.15, 0.2) is 11.5 Å². The molecular formula is C20H29N3O3S. The van der Waals surface area contributed by atoms with E-state index in [9.17, 15) is 14.7 Å². The number of hydrogen-bond donors (Lipinski definition) is 1. The Morgan fingerprint density at radius 1 is 1.33 bits per heavy atom. The van der Waals surface area contributed by atoms with Crippen LogP contribution in [0.1, 0.15) is 50.7 Å². The molecule has 1 N–H and O–H groups in total. The molecule has 1 spiro atoms. The first-order valence-electron chi connectivity index (χ1n) is 9.48. The van der Waals surface area contributed by atoms with E-state index in [1.165, 1.54) is 0 Å². The van der Waals surface area contributed by atoms with E-state index in [4.69, 9.17) is 0 Å². The topological polar surface area (TPSA) is 73.7 Å². The molecule has 6 nitrogen and oxygen atoms in total. The first-order chi connectivity index (χ1) is 12.6. The normalized spacial score (nSPS) is 24.6. The molecule has 148 valence electrons. The molecule has 0 aromatic carbocycles. The van der Waals surface area contributed by atoms with Crippen LogP contribution < -0.4 is 0 Å². The number of aliphatic hydroxyl groups is 1. The van der Waals surface area contributed by atoms with Crippen LogP contribution in [0.4, 0.5) is 0 Å². The minimum atomic E-state index is -0.551. The first-order valence-corrected chi connectivity index (χ1v) is 10.4. The predicted octanol–water partition coefficient (Wildman–Crippen LogP) is 2.47. The lowest BCUT2D eigenvalue weighted by atomic mass is 9.67. The fraction of sp³-hybridized carbons (Fsp3) is 0.650. The van der Waals surface area contributed by atoms with Gasteiger partial charge in [-0.1, -0.05) is 0 Å². The Morgan fingerprint density at radius 2 is 2.00 bits per heavy atom. The summed E-state index contributed by atoms with van der Waals surface area (Å²) in [4.78, 5) is 32.6. The van der Waals surface area contributed by atoms with E-state index < -0.39 is 11.6 Å². The number of rotatable bonds is 2. The van der Waals surface area contributed by atoms with Crippen LogP contribution in [0.5, 0.6) is 0 Å². The maximum Gasteiger partial charge on any atom is 0.246 e. The highest BCUT2D eigenvalue weighted by Crippen LogP contribution is 2.45. The minimum Gasteiger partial charge on any atom is -0.391 e. The van der Waals surface area contributed by atoms with E-state index in [1.807, 2.05) is 36.0 Å². The first kappa shape index (κ1) is 20.0. The van der Waals surface area contributed by atoms with Crippen LogP contribution in [-0.2, 0) is 9.59 Å². The summed E-state index contributed by atoms with van der Waals surface area (Å²) in [6.45, 7) is 9.32. The van der Waals surface area contributed by atoms with Gasteiger partial charge >= 0.3 is 0 Å². The fourth-order valence-electron chi connectivity index (χ4n) is 4.24. The van der Waals surface area contributed by atoms with Gasteiger partial charge in [0.1, 0.15) is 0 Å². The van der Waals surface area contributed by atoms with Crippen molar-refractivity contribution in [3.8, 4) is 0 Å². The standard InChI is InChI=1S/C20H29N3O3S/c1-14-21-16(12-27-14)5-6-18(26)22-9-7-20(8-10-22)11-17(25)19(3,4)23(13-20)15(2)24/h5-6,12,17,25H,7-11,13H2,1-4H3/b6-5+/t17-/m1/s1. The van der Waals surface area contributed by atoms with Crippen molar-refractivity contribution in [3.63, 3.8) is 0 Å². The lowest BCUT2D eigenvalue weighted by molar-refractivity contribution is -0.158. The van der Waals surface area contributed by atoms with Crippen molar-refractivity contribution >= 4 is 29.2 Å². The number of aryl methyl sites for hydroxylation is 1. The molecule has 1 aromatic heterocycles. The molecule has 3 rings (SSSR count). The summed E-state index contributed by atoms with van der Waals surface area (Å²) in [5.41, 5.74) is 0.167. The molecule has 0 saturated carbocycles. The third kappa shape index (κ3) is 4.09. The zero-order valence-corrected chi connectivity index (χ0v) is 17.4. The third-order valence-corrected chi connectivity index (χ3v) is 6.97. The molecule has 2 aliphatic rings. The number of piperidine rings is 2. The minimum absolute atomic E-state index is 0.00174. The summed E-state index contributed by atoms with van der Waals surface area (Å²) < 4.78 is 0. The van der Waals surface area contributed by atoms with Gasteiger partial charge in [-0.2, -0.15) is 0 Å². The highest BCUT2D eigenvalue weighted by Gasteiger charge is 2.50. The van der Waals surface area contributed by atoms with E-state index in [2.05, 4.69) is 4.98 Å². The average Bonchev–Trinajstić information content (AvgIpc) is 3.02. The number of carbonyl (C=O) groups is 2. The van der Waals surface area contributed by atoms with Crippen LogP contribution in [-0.4, -0.2) is 63.0 Å².